The number of aliphatic hydroxyl groups excluding tert-OH is 1. The standard InChI is InChI=1S/C11H14ClFO3/c1-15-9-6-8(13)10(12)7(4-3-5-14)11(9)16-2/h6,14H,3-5H2,1-2H3. The van der Waals surface area contributed by atoms with Crippen LogP contribution in [0.5, 0.6) is 11.5 Å². The summed E-state index contributed by atoms with van der Waals surface area (Å²) in [6.07, 6.45) is 0.926. The van der Waals surface area contributed by atoms with Crippen LogP contribution in [0.4, 0.5) is 4.39 Å². The fraction of sp³-hybridized carbons (Fsp3) is 0.455. The minimum atomic E-state index is -0.549. The lowest BCUT2D eigenvalue weighted by Crippen LogP contribution is -2.00. The van der Waals surface area contributed by atoms with E-state index in [1.165, 1.54) is 20.3 Å². The van der Waals surface area contributed by atoms with Crippen molar-refractivity contribution in [3.05, 3.63) is 22.5 Å². The number of hydrogen-bond donors (Lipinski definition) is 1. The summed E-state index contributed by atoms with van der Waals surface area (Å²) in [5, 5.41) is 8.79. The van der Waals surface area contributed by atoms with Crippen LogP contribution in [0, 0.1) is 5.82 Å². The van der Waals surface area contributed by atoms with Crippen molar-refractivity contribution in [2.45, 2.75) is 12.8 Å². The molecule has 5 heteroatoms. The fourth-order valence-electron chi connectivity index (χ4n) is 1.49. The molecule has 0 spiro atoms. The fourth-order valence-corrected chi connectivity index (χ4v) is 1.73. The number of hydrogen-bond acceptors (Lipinski definition) is 3. The van der Waals surface area contributed by atoms with E-state index >= 15 is 0 Å². The smallest absolute Gasteiger partial charge is 0.165 e. The topological polar surface area (TPSA) is 38.7 Å². The minimum absolute atomic E-state index is 0.0122. The van der Waals surface area contributed by atoms with Gasteiger partial charge >= 0.3 is 0 Å². The number of benzene rings is 1. The Labute approximate surface area is 98.7 Å². The van der Waals surface area contributed by atoms with E-state index in [2.05, 4.69) is 0 Å². The van der Waals surface area contributed by atoms with Crippen LogP contribution < -0.4 is 9.47 Å². The first-order valence-electron chi connectivity index (χ1n) is 4.85. The van der Waals surface area contributed by atoms with E-state index in [1.807, 2.05) is 0 Å². The number of rotatable bonds is 5. The van der Waals surface area contributed by atoms with Gasteiger partial charge in [0.15, 0.2) is 11.5 Å². The Morgan fingerprint density at radius 1 is 1.38 bits per heavy atom. The van der Waals surface area contributed by atoms with Gasteiger partial charge in [-0.3, -0.25) is 0 Å². The molecule has 3 nitrogen and oxygen atoms in total. The molecule has 0 amide bonds. The summed E-state index contributed by atoms with van der Waals surface area (Å²) in [5.41, 5.74) is 0.523. The minimum Gasteiger partial charge on any atom is -0.493 e. The van der Waals surface area contributed by atoms with Gasteiger partial charge in [0.2, 0.25) is 0 Å². The van der Waals surface area contributed by atoms with Crippen LogP contribution in [0.1, 0.15) is 12.0 Å². The van der Waals surface area contributed by atoms with E-state index in [1.54, 1.807) is 0 Å². The van der Waals surface area contributed by atoms with E-state index < -0.39 is 5.82 Å². The molecule has 0 saturated heterocycles. The van der Waals surface area contributed by atoms with Crippen molar-refractivity contribution in [2.24, 2.45) is 0 Å². The van der Waals surface area contributed by atoms with Gasteiger partial charge < -0.3 is 14.6 Å². The second-order valence-electron chi connectivity index (χ2n) is 3.21. The van der Waals surface area contributed by atoms with Crippen molar-refractivity contribution in [1.82, 2.24) is 0 Å². The summed E-state index contributed by atoms with van der Waals surface area (Å²) in [6, 6.07) is 1.18. The highest BCUT2D eigenvalue weighted by Crippen LogP contribution is 2.38. The SMILES string of the molecule is COc1cc(F)c(Cl)c(CCCO)c1OC. The summed E-state index contributed by atoms with van der Waals surface area (Å²) in [6.45, 7) is 0.0122. The van der Waals surface area contributed by atoms with E-state index in [-0.39, 0.29) is 11.6 Å². The zero-order valence-electron chi connectivity index (χ0n) is 9.22. The molecule has 0 atom stereocenters. The predicted octanol–water partition coefficient (Wildman–Crippen LogP) is 2.42. The lowest BCUT2D eigenvalue weighted by Gasteiger charge is -2.14. The number of methoxy groups -OCH3 is 2. The summed E-state index contributed by atoms with van der Waals surface area (Å²) >= 11 is 5.85. The van der Waals surface area contributed by atoms with Crippen molar-refractivity contribution < 1.29 is 19.0 Å². The molecule has 0 aromatic heterocycles. The summed E-state index contributed by atoms with van der Waals surface area (Å²) in [5.74, 6) is 0.173. The van der Waals surface area contributed by atoms with Crippen LogP contribution in [0.3, 0.4) is 0 Å². The Morgan fingerprint density at radius 2 is 2.06 bits per heavy atom. The van der Waals surface area contributed by atoms with Gasteiger partial charge in [0.25, 0.3) is 0 Å². The second-order valence-corrected chi connectivity index (χ2v) is 3.59. The van der Waals surface area contributed by atoms with E-state index in [4.69, 9.17) is 26.2 Å². The second kappa shape index (κ2) is 5.92. The van der Waals surface area contributed by atoms with Crippen LogP contribution in [-0.4, -0.2) is 25.9 Å². The van der Waals surface area contributed by atoms with Crippen molar-refractivity contribution in [2.75, 3.05) is 20.8 Å². The van der Waals surface area contributed by atoms with Gasteiger partial charge in [-0.05, 0) is 12.8 Å². The lowest BCUT2D eigenvalue weighted by atomic mass is 10.1. The Morgan fingerprint density at radius 3 is 2.56 bits per heavy atom. The molecular formula is C11H14ClFO3. The lowest BCUT2D eigenvalue weighted by molar-refractivity contribution is 0.287. The molecule has 0 heterocycles. The first kappa shape index (κ1) is 13.1. The van der Waals surface area contributed by atoms with E-state index in [0.29, 0.717) is 29.9 Å². The first-order valence-corrected chi connectivity index (χ1v) is 5.23. The average molecular weight is 249 g/mol. The van der Waals surface area contributed by atoms with Gasteiger partial charge in [-0.25, -0.2) is 4.39 Å². The normalized spacial score (nSPS) is 10.3. The average Bonchev–Trinajstić information content (AvgIpc) is 2.30. The molecule has 0 aliphatic heterocycles. The monoisotopic (exact) mass is 248 g/mol. The third kappa shape index (κ3) is 2.57. The van der Waals surface area contributed by atoms with Gasteiger partial charge in [0.1, 0.15) is 5.82 Å². The maximum Gasteiger partial charge on any atom is 0.165 e. The first-order chi connectivity index (χ1) is 7.65. The quantitative estimate of drug-likeness (QED) is 0.870. The van der Waals surface area contributed by atoms with Gasteiger partial charge in [0, 0.05) is 18.2 Å². The Hall–Kier alpha value is -1.00. The molecule has 16 heavy (non-hydrogen) atoms. The highest BCUT2D eigenvalue weighted by atomic mass is 35.5. The van der Waals surface area contributed by atoms with Crippen LogP contribution in [-0.2, 0) is 6.42 Å². The Bertz CT molecular complexity index is 369. The molecule has 0 radical (unpaired) electrons. The highest BCUT2D eigenvalue weighted by molar-refractivity contribution is 6.31. The molecule has 0 fully saturated rings. The van der Waals surface area contributed by atoms with Crippen LogP contribution in [0.25, 0.3) is 0 Å². The van der Waals surface area contributed by atoms with Crippen molar-refractivity contribution in [3.8, 4) is 11.5 Å². The third-order valence-electron chi connectivity index (χ3n) is 2.24. The number of halogens is 2. The van der Waals surface area contributed by atoms with Crippen LogP contribution in [0.2, 0.25) is 5.02 Å². The van der Waals surface area contributed by atoms with Crippen LogP contribution in [0.15, 0.2) is 6.07 Å². The summed E-state index contributed by atoms with van der Waals surface area (Å²) in [7, 11) is 2.90. The molecule has 1 aromatic rings. The van der Waals surface area contributed by atoms with Gasteiger partial charge in [-0.15, -0.1) is 0 Å². The van der Waals surface area contributed by atoms with Gasteiger partial charge in [0.05, 0.1) is 19.2 Å². The molecular weight excluding hydrogens is 235 g/mol. The zero-order chi connectivity index (χ0) is 12.1. The Kier molecular flexibility index (Phi) is 4.83. The maximum absolute atomic E-state index is 13.4. The molecule has 1 rings (SSSR count). The van der Waals surface area contributed by atoms with Crippen molar-refractivity contribution >= 4 is 11.6 Å². The van der Waals surface area contributed by atoms with Gasteiger partial charge in [-0.2, -0.15) is 0 Å². The van der Waals surface area contributed by atoms with E-state index in [9.17, 15) is 4.39 Å². The Balaban J connectivity index is 3.23. The molecule has 0 bridgehead atoms. The van der Waals surface area contributed by atoms with Gasteiger partial charge in [-0.1, -0.05) is 11.6 Å². The predicted molar refractivity (Wildman–Crippen MR) is 59.9 cm³/mol. The maximum atomic E-state index is 13.4. The van der Waals surface area contributed by atoms with Crippen molar-refractivity contribution in [3.63, 3.8) is 0 Å². The van der Waals surface area contributed by atoms with Crippen molar-refractivity contribution in [1.29, 1.82) is 0 Å². The summed E-state index contributed by atoms with van der Waals surface area (Å²) < 4.78 is 23.6. The molecule has 90 valence electrons. The number of aliphatic hydroxyl groups is 1. The molecule has 0 saturated carbocycles. The van der Waals surface area contributed by atoms with Crippen LogP contribution >= 0.6 is 11.6 Å². The molecule has 1 aromatic carbocycles. The molecule has 0 aliphatic rings. The largest absolute Gasteiger partial charge is 0.493 e. The molecule has 1 N–H and O–H groups in total. The number of ether oxygens (including phenoxy) is 2. The third-order valence-corrected chi connectivity index (χ3v) is 2.65. The van der Waals surface area contributed by atoms with E-state index in [0.717, 1.165) is 0 Å². The highest BCUT2D eigenvalue weighted by Gasteiger charge is 2.17. The molecule has 0 aliphatic carbocycles. The zero-order valence-corrected chi connectivity index (χ0v) is 9.97. The molecule has 0 unspecified atom stereocenters. The summed E-state index contributed by atoms with van der Waals surface area (Å²) in [4.78, 5) is 0.